The van der Waals surface area contributed by atoms with E-state index in [2.05, 4.69) is 0 Å². The fourth-order valence-corrected chi connectivity index (χ4v) is 0. The van der Waals surface area contributed by atoms with Crippen molar-refractivity contribution in [1.29, 1.82) is 0 Å². The molecule has 0 saturated carbocycles. The second kappa shape index (κ2) is 77.2. The van der Waals surface area contributed by atoms with Crippen molar-refractivity contribution in [3.8, 4) is 0 Å². The standard InChI is InChI=1S/3Na.H3O4P.9H2O/c;;;1-5(2,3)4;;;;;;;;;/h;;;(H3,1,2,3,4);9*1H2/q3*+1;;;;;;;;;;/p-3. The van der Waals surface area contributed by atoms with Gasteiger partial charge in [0.2, 0.25) is 0 Å². The predicted molar refractivity (Wildman–Crippen MR) is 40.1 cm³/mol. The summed E-state index contributed by atoms with van der Waals surface area (Å²) in [5, 5.41) is 0. The third kappa shape index (κ3) is 696. The zero-order valence-corrected chi connectivity index (χ0v) is 16.5. The number of rotatable bonds is 0. The Morgan fingerprint density at radius 2 is 0.471 bits per heavy atom. The van der Waals surface area contributed by atoms with Crippen LogP contribution in [-0.4, -0.2) is 49.3 Å². The number of hydrogen-bond acceptors (Lipinski definition) is 4. The van der Waals surface area contributed by atoms with Crippen LogP contribution in [0, 0.1) is 0 Å². The van der Waals surface area contributed by atoms with Gasteiger partial charge >= 0.3 is 88.7 Å². The quantitative estimate of drug-likeness (QED) is 0.308. The fourth-order valence-electron chi connectivity index (χ4n) is 0. The van der Waals surface area contributed by atoms with Crippen molar-refractivity contribution in [2.75, 3.05) is 0 Å². The molecule has 0 aliphatic heterocycles. The second-order valence-corrected chi connectivity index (χ2v) is 1.34. The molecule has 0 aromatic rings. The molecule has 0 spiro atoms. The largest absolute Gasteiger partial charge is 1.00 e. The van der Waals surface area contributed by atoms with Gasteiger partial charge in [-0.1, -0.05) is 0 Å². The summed E-state index contributed by atoms with van der Waals surface area (Å²) in [6, 6.07) is 0. The van der Waals surface area contributed by atoms with E-state index in [9.17, 15) is 0 Å². The van der Waals surface area contributed by atoms with Crippen LogP contribution in [0.25, 0.3) is 0 Å². The van der Waals surface area contributed by atoms with E-state index < -0.39 is 7.82 Å². The molecule has 0 aliphatic carbocycles. The number of hydrogen-bond donors (Lipinski definition) is 0. The SMILES string of the molecule is O.O.O.O.O.O.O.O.O.O=P([O-])([O-])[O-].[Na+].[Na+].[Na+]. The first-order chi connectivity index (χ1) is 2.00. The van der Waals surface area contributed by atoms with Gasteiger partial charge in [-0.2, -0.15) is 7.82 Å². The van der Waals surface area contributed by atoms with Crippen LogP contribution in [0.15, 0.2) is 0 Å². The molecule has 0 aromatic heterocycles. The van der Waals surface area contributed by atoms with Crippen molar-refractivity contribution in [3.05, 3.63) is 0 Å². The Labute approximate surface area is 163 Å². The van der Waals surface area contributed by atoms with Gasteiger partial charge in [0.1, 0.15) is 0 Å². The van der Waals surface area contributed by atoms with Crippen LogP contribution in [-0.2, 0) is 4.57 Å². The summed E-state index contributed by atoms with van der Waals surface area (Å²) in [4.78, 5) is 25.6. The first-order valence-corrected chi connectivity index (χ1v) is 2.19. The Balaban J connectivity index is -0.00000000121. The Bertz CT molecular complexity index is 62.8. The van der Waals surface area contributed by atoms with E-state index in [1.807, 2.05) is 0 Å². The van der Waals surface area contributed by atoms with Crippen LogP contribution in [0.4, 0.5) is 0 Å². The molecule has 0 aliphatic rings. The Hall–Kier alpha value is 2.75. The van der Waals surface area contributed by atoms with Crippen LogP contribution in [0.1, 0.15) is 0 Å². The van der Waals surface area contributed by atoms with E-state index >= 15 is 0 Å². The minimum Gasteiger partial charge on any atom is -0.822 e. The van der Waals surface area contributed by atoms with Crippen molar-refractivity contribution in [2.45, 2.75) is 0 Å². The Kier molecular flexibility index (Phi) is 692. The summed E-state index contributed by atoms with van der Waals surface area (Å²) in [6.45, 7) is 0. The average Bonchev–Trinajstić information content (AvgIpc) is 0.722. The van der Waals surface area contributed by atoms with Gasteiger partial charge in [-0.25, -0.2) is 0 Å². The molecule has 0 amide bonds. The first-order valence-electron chi connectivity index (χ1n) is 0.730. The fraction of sp³-hybridized carbons (Fsp3) is 0. The van der Waals surface area contributed by atoms with E-state index in [1.54, 1.807) is 0 Å². The summed E-state index contributed by atoms with van der Waals surface area (Å²) < 4.78 is 8.55. The van der Waals surface area contributed by atoms with Gasteiger partial charge in [-0.3, -0.25) is 0 Å². The molecular weight excluding hydrogens is 308 g/mol. The molecule has 0 fully saturated rings. The molecule has 104 valence electrons. The molecule has 0 rings (SSSR count). The third-order valence-electron chi connectivity index (χ3n) is 0. The van der Waals surface area contributed by atoms with Gasteiger partial charge in [-0.05, 0) is 0 Å². The monoisotopic (exact) mass is 326 g/mol. The first kappa shape index (κ1) is 152. The molecule has 0 aromatic carbocycles. The van der Waals surface area contributed by atoms with Crippen LogP contribution >= 0.6 is 7.82 Å². The normalized spacial score (nSPS) is 3.47. The summed E-state index contributed by atoms with van der Waals surface area (Å²) in [7, 11) is -5.39. The molecule has 0 saturated heterocycles. The van der Waals surface area contributed by atoms with E-state index in [4.69, 9.17) is 19.2 Å². The van der Waals surface area contributed by atoms with Crippen molar-refractivity contribution in [1.82, 2.24) is 0 Å². The van der Waals surface area contributed by atoms with Gasteiger partial charge in [0.25, 0.3) is 0 Å². The van der Waals surface area contributed by atoms with Crippen LogP contribution in [0.5, 0.6) is 0 Å². The molecular formula is H18Na3O13P. The average molecular weight is 326 g/mol. The molecule has 0 unspecified atom stereocenters. The maximum Gasteiger partial charge on any atom is 1.00 e. The molecule has 0 heterocycles. The van der Waals surface area contributed by atoms with Crippen molar-refractivity contribution in [2.24, 2.45) is 0 Å². The van der Waals surface area contributed by atoms with E-state index in [1.165, 1.54) is 0 Å². The summed E-state index contributed by atoms with van der Waals surface area (Å²) in [6.07, 6.45) is 0. The molecule has 0 atom stereocenters. The maximum atomic E-state index is 8.55. The van der Waals surface area contributed by atoms with E-state index in [-0.39, 0.29) is 138 Å². The van der Waals surface area contributed by atoms with Gasteiger partial charge in [-0.15, -0.1) is 0 Å². The molecule has 13 nitrogen and oxygen atoms in total. The van der Waals surface area contributed by atoms with Gasteiger partial charge in [0.15, 0.2) is 0 Å². The van der Waals surface area contributed by atoms with Crippen LogP contribution in [0.3, 0.4) is 0 Å². The van der Waals surface area contributed by atoms with Gasteiger partial charge < -0.3 is 68.5 Å². The molecule has 17 heteroatoms. The predicted octanol–water partition coefficient (Wildman–Crippen LogP) is -19.2. The summed E-state index contributed by atoms with van der Waals surface area (Å²) in [5.74, 6) is 0. The molecule has 0 bridgehead atoms. The minimum absolute atomic E-state index is 0. The maximum absolute atomic E-state index is 8.55. The van der Waals surface area contributed by atoms with Crippen LogP contribution < -0.4 is 103 Å². The van der Waals surface area contributed by atoms with Crippen LogP contribution in [0.2, 0.25) is 0 Å². The Morgan fingerprint density at radius 1 is 0.471 bits per heavy atom. The zero-order chi connectivity index (χ0) is 4.50. The Morgan fingerprint density at radius 3 is 0.471 bits per heavy atom. The van der Waals surface area contributed by atoms with Crippen molar-refractivity contribution >= 4 is 7.82 Å². The summed E-state index contributed by atoms with van der Waals surface area (Å²) in [5.41, 5.74) is 0. The smallest absolute Gasteiger partial charge is 0.822 e. The van der Waals surface area contributed by atoms with Crippen molar-refractivity contribution in [3.63, 3.8) is 0 Å². The molecule has 18 N–H and O–H groups in total. The second-order valence-electron chi connectivity index (χ2n) is 0.447. The van der Waals surface area contributed by atoms with Crippen molar-refractivity contribution < 1.29 is 157 Å². The van der Waals surface area contributed by atoms with E-state index in [0.717, 1.165) is 0 Å². The van der Waals surface area contributed by atoms with Gasteiger partial charge in [0.05, 0.1) is 0 Å². The van der Waals surface area contributed by atoms with E-state index in [0.29, 0.717) is 0 Å². The minimum atomic E-state index is -5.39. The molecule has 17 heavy (non-hydrogen) atoms. The molecule has 0 radical (unpaired) electrons. The third-order valence-corrected chi connectivity index (χ3v) is 0. The number of phosphoric acid groups is 1. The zero-order valence-electron chi connectivity index (χ0n) is 9.58. The van der Waals surface area contributed by atoms with Gasteiger partial charge in [0, 0.05) is 0 Å². The topological polar surface area (TPSA) is 370 Å². The summed E-state index contributed by atoms with van der Waals surface area (Å²) >= 11 is 0.